The second-order valence-electron chi connectivity index (χ2n) is 9.98. The number of H-pyrrole nitrogens is 1. The highest BCUT2D eigenvalue weighted by molar-refractivity contribution is 7.12. The molecule has 2 saturated carbocycles. The van der Waals surface area contributed by atoms with Crippen LogP contribution in [0.2, 0.25) is 0 Å². The molecule has 1 aromatic carbocycles. The van der Waals surface area contributed by atoms with E-state index in [9.17, 15) is 31.1 Å². The number of nitrogens with zero attached hydrogens (tertiary/aromatic N) is 2. The quantitative estimate of drug-likeness (QED) is 0.307. The Balaban J connectivity index is 1.43. The number of alkyl halides is 6. The molecule has 5 rings (SSSR count). The molecule has 0 aliphatic heterocycles. The number of benzene rings is 1. The molecule has 2 aliphatic carbocycles. The van der Waals surface area contributed by atoms with E-state index in [2.05, 4.69) is 19.6 Å². The van der Waals surface area contributed by atoms with Crippen LogP contribution in [-0.2, 0) is 16.8 Å². The van der Waals surface area contributed by atoms with Crippen LogP contribution in [0, 0.1) is 6.92 Å². The fourth-order valence-corrected chi connectivity index (χ4v) is 6.53. The van der Waals surface area contributed by atoms with Crippen molar-refractivity contribution in [2.75, 3.05) is 0 Å². The van der Waals surface area contributed by atoms with Crippen LogP contribution in [0.25, 0.3) is 11.4 Å². The first-order chi connectivity index (χ1) is 17.9. The summed E-state index contributed by atoms with van der Waals surface area (Å²) in [6, 6.07) is 4.90. The number of aromatic amines is 1. The Morgan fingerprint density at radius 1 is 1.16 bits per heavy atom. The predicted molar refractivity (Wildman–Crippen MR) is 126 cm³/mol. The topological polar surface area (TPSA) is 81.0 Å². The fourth-order valence-electron chi connectivity index (χ4n) is 5.12. The van der Waals surface area contributed by atoms with Gasteiger partial charge in [-0.1, -0.05) is 42.6 Å². The van der Waals surface area contributed by atoms with Crippen molar-refractivity contribution in [3.05, 3.63) is 55.5 Å². The zero-order valence-electron chi connectivity index (χ0n) is 20.3. The lowest BCUT2D eigenvalue weighted by molar-refractivity contribution is -0.226. The molecule has 206 valence electrons. The standard InChI is InChI=1S/C25H25F6N3O3S/c1-13-18(38-21(32-13)23(25(29,30)31)9-3-2-4-10-23)19(24(26,27)28)36-12-14-5-8-16(17(11-14)15-6-7-15)20-33-22(35)37-34-20/h5,8,11,15,19H,2-4,6-7,9-10,12H2,1H3,(H,33,34,35). The van der Waals surface area contributed by atoms with E-state index in [4.69, 9.17) is 4.74 Å². The summed E-state index contributed by atoms with van der Waals surface area (Å²) in [5, 5.41) is 3.38. The first-order valence-corrected chi connectivity index (χ1v) is 13.1. The zero-order valence-corrected chi connectivity index (χ0v) is 21.2. The highest BCUT2D eigenvalue weighted by Gasteiger charge is 2.58. The number of aromatic nitrogens is 3. The third kappa shape index (κ3) is 5.14. The molecule has 2 aromatic heterocycles. The Bertz CT molecular complexity index is 1350. The van der Waals surface area contributed by atoms with Crippen molar-refractivity contribution in [1.29, 1.82) is 0 Å². The van der Waals surface area contributed by atoms with Crippen LogP contribution in [0.4, 0.5) is 26.3 Å². The molecule has 13 heteroatoms. The minimum atomic E-state index is -4.86. The van der Waals surface area contributed by atoms with E-state index in [1.807, 2.05) is 0 Å². The van der Waals surface area contributed by atoms with E-state index in [1.54, 1.807) is 18.2 Å². The van der Waals surface area contributed by atoms with E-state index in [-0.39, 0.29) is 40.2 Å². The summed E-state index contributed by atoms with van der Waals surface area (Å²) < 4.78 is 94.9. The average molecular weight is 562 g/mol. The smallest absolute Gasteiger partial charge is 0.358 e. The van der Waals surface area contributed by atoms with Gasteiger partial charge in [-0.2, -0.15) is 26.3 Å². The van der Waals surface area contributed by atoms with Crippen LogP contribution < -0.4 is 5.76 Å². The molecule has 0 amide bonds. The Labute approximate surface area is 217 Å². The fraction of sp³-hybridized carbons (Fsp3) is 0.560. The van der Waals surface area contributed by atoms with Crippen molar-refractivity contribution in [2.45, 2.75) is 88.3 Å². The van der Waals surface area contributed by atoms with Gasteiger partial charge in [0.05, 0.1) is 17.2 Å². The van der Waals surface area contributed by atoms with Crippen molar-refractivity contribution < 1.29 is 35.6 Å². The number of halogens is 6. The van der Waals surface area contributed by atoms with E-state index in [1.165, 1.54) is 6.92 Å². The van der Waals surface area contributed by atoms with Gasteiger partial charge in [-0.15, -0.1) is 11.3 Å². The molecule has 2 fully saturated rings. The maximum Gasteiger partial charge on any atom is 0.439 e. The first kappa shape index (κ1) is 26.9. The summed E-state index contributed by atoms with van der Waals surface area (Å²) in [5.74, 6) is -0.322. The van der Waals surface area contributed by atoms with Crippen molar-refractivity contribution >= 4 is 11.3 Å². The molecule has 1 unspecified atom stereocenters. The Kier molecular flexibility index (Phi) is 6.95. The predicted octanol–water partition coefficient (Wildman–Crippen LogP) is 7.26. The van der Waals surface area contributed by atoms with Gasteiger partial charge in [0.15, 0.2) is 11.9 Å². The summed E-state index contributed by atoms with van der Waals surface area (Å²) in [4.78, 5) is 17.5. The number of rotatable bonds is 7. The Morgan fingerprint density at radius 2 is 1.87 bits per heavy atom. The highest BCUT2D eigenvalue weighted by Crippen LogP contribution is 2.53. The second kappa shape index (κ2) is 9.82. The normalized spacial score (nSPS) is 19.0. The van der Waals surface area contributed by atoms with E-state index >= 15 is 0 Å². The van der Waals surface area contributed by atoms with Gasteiger partial charge in [0.25, 0.3) is 0 Å². The van der Waals surface area contributed by atoms with Gasteiger partial charge < -0.3 is 4.74 Å². The number of hydrogen-bond acceptors (Lipinski definition) is 6. The lowest BCUT2D eigenvalue weighted by Crippen LogP contribution is -2.43. The third-order valence-electron chi connectivity index (χ3n) is 7.27. The summed E-state index contributed by atoms with van der Waals surface area (Å²) in [6.45, 7) is 0.875. The molecule has 0 spiro atoms. The lowest BCUT2D eigenvalue weighted by atomic mass is 9.74. The molecule has 2 aliphatic rings. The van der Waals surface area contributed by atoms with Crippen molar-refractivity contribution in [3.63, 3.8) is 0 Å². The van der Waals surface area contributed by atoms with E-state index < -0.39 is 36.2 Å². The first-order valence-electron chi connectivity index (χ1n) is 12.3. The van der Waals surface area contributed by atoms with Crippen LogP contribution in [-0.4, -0.2) is 27.5 Å². The molecule has 2 heterocycles. The molecule has 38 heavy (non-hydrogen) atoms. The molecule has 6 nitrogen and oxygen atoms in total. The summed E-state index contributed by atoms with van der Waals surface area (Å²) in [5.41, 5.74) is -0.462. The molecular weight excluding hydrogens is 536 g/mol. The number of hydrogen-bond donors (Lipinski definition) is 1. The van der Waals surface area contributed by atoms with E-state index in [0.717, 1.165) is 18.4 Å². The molecule has 1 N–H and O–H groups in total. The molecule has 1 atom stereocenters. The van der Waals surface area contributed by atoms with Crippen molar-refractivity contribution in [3.8, 4) is 11.4 Å². The van der Waals surface area contributed by atoms with Crippen molar-refractivity contribution in [1.82, 2.24) is 15.1 Å². The monoisotopic (exact) mass is 561 g/mol. The summed E-state index contributed by atoms with van der Waals surface area (Å²) in [7, 11) is 0. The minimum absolute atomic E-state index is 0.106. The van der Waals surface area contributed by atoms with Gasteiger partial charge in [-0.25, -0.2) is 9.78 Å². The highest BCUT2D eigenvalue weighted by atomic mass is 32.1. The maximum atomic E-state index is 14.2. The van der Waals surface area contributed by atoms with Crippen molar-refractivity contribution in [2.24, 2.45) is 0 Å². The number of ether oxygens (including phenoxy) is 1. The molecule has 0 radical (unpaired) electrons. The van der Waals surface area contributed by atoms with Crippen LogP contribution in [0.3, 0.4) is 0 Å². The molecule has 0 bridgehead atoms. The summed E-state index contributed by atoms with van der Waals surface area (Å²) >= 11 is 0.453. The minimum Gasteiger partial charge on any atom is -0.358 e. The number of thiazole rings is 1. The number of nitrogens with one attached hydrogen (secondary N) is 1. The molecular formula is C25H25F6N3O3S. The largest absolute Gasteiger partial charge is 0.439 e. The molecule has 0 saturated heterocycles. The van der Waals surface area contributed by atoms with Crippen LogP contribution in [0.5, 0.6) is 0 Å². The van der Waals surface area contributed by atoms with Gasteiger partial charge >= 0.3 is 18.1 Å². The van der Waals surface area contributed by atoms with Gasteiger partial charge in [-0.05, 0) is 49.7 Å². The average Bonchev–Trinajstić information content (AvgIpc) is 3.50. The lowest BCUT2D eigenvalue weighted by Gasteiger charge is -2.37. The Morgan fingerprint density at radius 3 is 2.45 bits per heavy atom. The third-order valence-corrected chi connectivity index (χ3v) is 8.68. The SMILES string of the molecule is Cc1nc(C2(C(F)(F)F)CCCCC2)sc1C(OCc1ccc(-c2noc(=O)[nH]2)c(C2CC2)c1)C(F)(F)F. The van der Waals surface area contributed by atoms with Gasteiger partial charge in [0.1, 0.15) is 10.4 Å². The summed E-state index contributed by atoms with van der Waals surface area (Å²) in [6.07, 6.45) is -9.16. The van der Waals surface area contributed by atoms with Crippen LogP contribution >= 0.6 is 11.3 Å². The van der Waals surface area contributed by atoms with Gasteiger partial charge in [0, 0.05) is 5.56 Å². The van der Waals surface area contributed by atoms with Gasteiger partial charge in [0.2, 0.25) is 0 Å². The number of aryl methyl sites for hydroxylation is 1. The van der Waals surface area contributed by atoms with Crippen LogP contribution in [0.15, 0.2) is 27.5 Å². The second-order valence-corrected chi connectivity index (χ2v) is 11.0. The maximum absolute atomic E-state index is 14.2. The van der Waals surface area contributed by atoms with Crippen LogP contribution in [0.1, 0.15) is 83.7 Å². The molecule has 3 aromatic rings. The van der Waals surface area contributed by atoms with E-state index in [0.29, 0.717) is 41.7 Å². The van der Waals surface area contributed by atoms with Gasteiger partial charge in [-0.3, -0.25) is 9.51 Å². The Hall–Kier alpha value is -2.67. The zero-order chi connectivity index (χ0) is 27.3.